The molecule has 158 valence electrons. The van der Waals surface area contributed by atoms with Crippen molar-refractivity contribution in [2.24, 2.45) is 0 Å². The number of thiazole rings is 1. The Morgan fingerprint density at radius 3 is 2.74 bits per heavy atom. The summed E-state index contributed by atoms with van der Waals surface area (Å²) in [7, 11) is 0. The normalized spacial score (nSPS) is 13.8. The fraction of sp³-hybridized carbons (Fsp3) is 0.208. The lowest BCUT2D eigenvalue weighted by Gasteiger charge is -2.22. The molecule has 1 saturated carbocycles. The number of hydrogen-bond acceptors (Lipinski definition) is 4. The molecule has 2 N–H and O–H groups in total. The predicted molar refractivity (Wildman–Crippen MR) is 120 cm³/mol. The van der Waals surface area contributed by atoms with Gasteiger partial charge in [-0.3, -0.25) is 4.79 Å². The first-order valence-corrected chi connectivity index (χ1v) is 10.9. The fourth-order valence-electron chi connectivity index (χ4n) is 3.46. The number of rotatable bonds is 7. The number of carbonyl (C=O) groups excluding carboxylic acids is 1. The minimum Gasteiger partial charge on any atom is -0.478 e. The van der Waals surface area contributed by atoms with Gasteiger partial charge in [0.1, 0.15) is 10.8 Å². The Morgan fingerprint density at radius 2 is 2.00 bits per heavy atom. The molecule has 7 heteroatoms. The first-order valence-electron chi connectivity index (χ1n) is 10.0. The Bertz CT molecular complexity index is 1150. The van der Waals surface area contributed by atoms with E-state index in [1.54, 1.807) is 23.5 Å². The van der Waals surface area contributed by atoms with Gasteiger partial charge in [-0.2, -0.15) is 0 Å². The fourth-order valence-corrected chi connectivity index (χ4v) is 4.25. The van der Waals surface area contributed by atoms with Crippen LogP contribution in [0.1, 0.15) is 57.4 Å². The van der Waals surface area contributed by atoms with E-state index in [4.69, 9.17) is 0 Å². The van der Waals surface area contributed by atoms with Crippen LogP contribution in [0.4, 0.5) is 10.1 Å². The van der Waals surface area contributed by atoms with Crippen molar-refractivity contribution in [2.75, 3.05) is 5.32 Å². The van der Waals surface area contributed by atoms with Gasteiger partial charge in [0, 0.05) is 22.5 Å². The molecule has 1 aromatic heterocycles. The van der Waals surface area contributed by atoms with Gasteiger partial charge in [0.25, 0.3) is 0 Å². The summed E-state index contributed by atoms with van der Waals surface area (Å²) in [6.45, 7) is 0. The lowest BCUT2D eigenvalue weighted by Crippen LogP contribution is -2.17. The number of aromatic carboxylic acids is 1. The molecule has 1 fully saturated rings. The second kappa shape index (κ2) is 9.22. The Kier molecular flexibility index (Phi) is 6.23. The molecule has 2 aromatic carbocycles. The molecule has 1 aliphatic rings. The number of carbonyl (C=O) groups is 2. The van der Waals surface area contributed by atoms with Gasteiger partial charge in [-0.1, -0.05) is 30.7 Å². The van der Waals surface area contributed by atoms with Crippen LogP contribution in [0.5, 0.6) is 0 Å². The summed E-state index contributed by atoms with van der Waals surface area (Å²) < 4.78 is 14.1. The number of halogens is 1. The molecule has 0 atom stereocenters. The zero-order chi connectivity index (χ0) is 21.8. The number of nitrogens with zero attached hydrogens (tertiary/aromatic N) is 1. The molecule has 1 aliphatic carbocycles. The lowest BCUT2D eigenvalue weighted by atomic mass is 9.83. The summed E-state index contributed by atoms with van der Waals surface area (Å²) >= 11 is 1.62. The topological polar surface area (TPSA) is 79.3 Å². The van der Waals surface area contributed by atoms with E-state index in [0.717, 1.165) is 16.6 Å². The minimum atomic E-state index is -1.27. The highest BCUT2D eigenvalue weighted by molar-refractivity contribution is 7.10. The number of nitrogens with one attached hydrogen (secondary N) is 1. The second-order valence-corrected chi connectivity index (χ2v) is 8.38. The molecule has 0 saturated heterocycles. The van der Waals surface area contributed by atoms with Gasteiger partial charge in [-0.05, 0) is 48.7 Å². The van der Waals surface area contributed by atoms with E-state index in [-0.39, 0.29) is 17.5 Å². The van der Waals surface area contributed by atoms with Crippen molar-refractivity contribution >= 4 is 41.1 Å². The molecule has 4 rings (SSSR count). The Morgan fingerprint density at radius 1 is 1.19 bits per heavy atom. The molecule has 1 heterocycles. The van der Waals surface area contributed by atoms with Crippen molar-refractivity contribution in [3.8, 4) is 0 Å². The number of amides is 1. The van der Waals surface area contributed by atoms with E-state index in [2.05, 4.69) is 15.7 Å². The van der Waals surface area contributed by atoms with Crippen LogP contribution >= 0.6 is 11.3 Å². The van der Waals surface area contributed by atoms with Crippen molar-refractivity contribution in [1.29, 1.82) is 0 Å². The maximum absolute atomic E-state index is 14.1. The zero-order valence-corrected chi connectivity index (χ0v) is 17.5. The number of hydrogen-bond donors (Lipinski definition) is 2. The first kappa shape index (κ1) is 20.9. The maximum Gasteiger partial charge on any atom is 0.336 e. The highest BCUT2D eigenvalue weighted by Crippen LogP contribution is 2.36. The number of benzene rings is 2. The largest absolute Gasteiger partial charge is 0.478 e. The van der Waals surface area contributed by atoms with E-state index in [1.807, 2.05) is 24.3 Å². The summed E-state index contributed by atoms with van der Waals surface area (Å²) in [5, 5.41) is 15.0. The monoisotopic (exact) mass is 436 g/mol. The van der Waals surface area contributed by atoms with Gasteiger partial charge in [0.05, 0.1) is 17.7 Å². The molecule has 0 unspecified atom stereocenters. The van der Waals surface area contributed by atoms with Crippen LogP contribution in [0, 0.1) is 5.82 Å². The van der Waals surface area contributed by atoms with Crippen LogP contribution in [0.2, 0.25) is 0 Å². The third-order valence-electron chi connectivity index (χ3n) is 5.34. The van der Waals surface area contributed by atoms with Crippen molar-refractivity contribution < 1.29 is 19.1 Å². The molecular formula is C24H21FN2O3S. The van der Waals surface area contributed by atoms with Gasteiger partial charge >= 0.3 is 5.97 Å². The number of carboxylic acid groups (broad SMARTS) is 1. The van der Waals surface area contributed by atoms with E-state index >= 15 is 0 Å². The van der Waals surface area contributed by atoms with Crippen molar-refractivity contribution in [1.82, 2.24) is 4.98 Å². The summed E-state index contributed by atoms with van der Waals surface area (Å²) in [5.41, 5.74) is 2.27. The van der Waals surface area contributed by atoms with Crippen LogP contribution in [-0.2, 0) is 11.2 Å². The second-order valence-electron chi connectivity index (χ2n) is 7.49. The molecule has 0 spiro atoms. The average Bonchev–Trinajstić information content (AvgIpc) is 3.15. The minimum absolute atomic E-state index is 0.130. The number of aromatic nitrogens is 1. The molecule has 3 aromatic rings. The highest BCUT2D eigenvalue weighted by atomic mass is 32.1. The molecule has 1 amide bonds. The lowest BCUT2D eigenvalue weighted by molar-refractivity contribution is -0.115. The summed E-state index contributed by atoms with van der Waals surface area (Å²) in [6.07, 6.45) is 7.23. The van der Waals surface area contributed by atoms with E-state index in [0.29, 0.717) is 11.6 Å². The van der Waals surface area contributed by atoms with Crippen molar-refractivity contribution in [3.63, 3.8) is 0 Å². The number of anilines is 1. The summed E-state index contributed by atoms with van der Waals surface area (Å²) in [6, 6.07) is 11.0. The smallest absolute Gasteiger partial charge is 0.336 e. The molecule has 0 aliphatic heterocycles. The van der Waals surface area contributed by atoms with Gasteiger partial charge in [0.2, 0.25) is 5.91 Å². The van der Waals surface area contributed by atoms with E-state index in [9.17, 15) is 19.1 Å². The van der Waals surface area contributed by atoms with Crippen LogP contribution in [-0.4, -0.2) is 22.0 Å². The molecule has 0 bridgehead atoms. The third kappa shape index (κ3) is 5.06. The summed E-state index contributed by atoms with van der Waals surface area (Å²) in [5.74, 6) is -1.86. The molecular weight excluding hydrogens is 415 g/mol. The Balaban J connectivity index is 1.42. The van der Waals surface area contributed by atoms with Crippen molar-refractivity contribution in [3.05, 3.63) is 81.1 Å². The van der Waals surface area contributed by atoms with E-state index in [1.165, 1.54) is 37.1 Å². The Labute approximate surface area is 183 Å². The Hall–Kier alpha value is -3.32. The van der Waals surface area contributed by atoms with Gasteiger partial charge < -0.3 is 10.4 Å². The average molecular weight is 437 g/mol. The molecule has 5 nitrogen and oxygen atoms in total. The number of carboxylic acids is 1. The van der Waals surface area contributed by atoms with Crippen molar-refractivity contribution in [2.45, 2.75) is 31.6 Å². The van der Waals surface area contributed by atoms with Crippen LogP contribution in [0.25, 0.3) is 12.2 Å². The SMILES string of the molecule is O=C(Cc1c(F)cccc1C(=O)O)Nc1cccc(/C=C/c2nc(C3CCC3)cs2)c1. The first-order chi connectivity index (χ1) is 15.0. The highest BCUT2D eigenvalue weighted by Gasteiger charge is 2.21. The summed E-state index contributed by atoms with van der Waals surface area (Å²) in [4.78, 5) is 28.4. The van der Waals surface area contributed by atoms with Crippen LogP contribution in [0.15, 0.2) is 47.8 Å². The quantitative estimate of drug-likeness (QED) is 0.505. The van der Waals surface area contributed by atoms with E-state index < -0.39 is 17.7 Å². The standard InChI is InChI=1S/C24H21FN2O3S/c25-20-9-3-8-18(24(29)30)19(20)13-22(28)26-17-7-1-4-15(12-17)10-11-23-27-21(14-31-23)16-5-2-6-16/h1,3-4,7-12,14,16H,2,5-6,13H2,(H,26,28)(H,29,30)/b11-10+. The molecule has 0 radical (unpaired) electrons. The molecule has 31 heavy (non-hydrogen) atoms. The third-order valence-corrected chi connectivity index (χ3v) is 6.17. The van der Waals surface area contributed by atoms with Gasteiger partial charge in [-0.15, -0.1) is 11.3 Å². The zero-order valence-electron chi connectivity index (χ0n) is 16.7. The van der Waals surface area contributed by atoms with Crippen LogP contribution in [0.3, 0.4) is 0 Å². The van der Waals surface area contributed by atoms with Gasteiger partial charge in [0.15, 0.2) is 0 Å². The maximum atomic E-state index is 14.1. The predicted octanol–water partition coefficient (Wildman–Crippen LogP) is 5.60. The van der Waals surface area contributed by atoms with Crippen LogP contribution < -0.4 is 5.32 Å². The van der Waals surface area contributed by atoms with Gasteiger partial charge in [-0.25, -0.2) is 14.2 Å².